The molecule has 3 rings (SSSR count). The first-order valence-corrected chi connectivity index (χ1v) is 10.4. The van der Waals surface area contributed by atoms with E-state index < -0.39 is 0 Å². The highest BCUT2D eigenvalue weighted by atomic mass is 32.1. The average molecular weight is 375 g/mol. The van der Waals surface area contributed by atoms with E-state index in [1.807, 2.05) is 18.5 Å². The third-order valence-corrected chi connectivity index (χ3v) is 6.49. The summed E-state index contributed by atoms with van der Waals surface area (Å²) in [6.07, 6.45) is 6.56. The number of nitrogens with one attached hydrogen (secondary N) is 2. The Labute approximate surface area is 160 Å². The number of rotatable bonds is 7. The summed E-state index contributed by atoms with van der Waals surface area (Å²) >= 11 is 1.76. The lowest BCUT2D eigenvalue weighted by Gasteiger charge is -2.28. The van der Waals surface area contributed by atoms with E-state index in [-0.39, 0.29) is 0 Å². The monoisotopic (exact) mass is 374 g/mol. The Kier molecular flexibility index (Phi) is 6.29. The number of hydrogen-bond donors (Lipinski definition) is 2. The number of aryl methyl sites for hydroxylation is 1. The van der Waals surface area contributed by atoms with E-state index >= 15 is 0 Å². The Bertz CT molecular complexity index is 712. The lowest BCUT2D eigenvalue weighted by molar-refractivity contribution is 0.283. The molecule has 2 heterocycles. The summed E-state index contributed by atoms with van der Waals surface area (Å²) in [6, 6.07) is 4.23. The van der Waals surface area contributed by atoms with Gasteiger partial charge in [-0.2, -0.15) is 0 Å². The fourth-order valence-corrected chi connectivity index (χ4v) is 4.19. The number of guanidine groups is 1. The molecule has 142 valence electrons. The number of thiophene rings is 1. The van der Waals surface area contributed by atoms with Crippen LogP contribution in [-0.2, 0) is 20.1 Å². The van der Waals surface area contributed by atoms with Crippen molar-refractivity contribution >= 4 is 17.3 Å². The molecular weight excluding hydrogens is 344 g/mol. The first kappa shape index (κ1) is 18.9. The minimum atomic E-state index is 0.423. The summed E-state index contributed by atoms with van der Waals surface area (Å²) in [6.45, 7) is 6.57. The Hall–Kier alpha value is -1.89. The maximum Gasteiger partial charge on any atom is 0.192 e. The highest BCUT2D eigenvalue weighted by Crippen LogP contribution is 2.40. The Morgan fingerprint density at radius 3 is 2.73 bits per heavy atom. The number of aliphatic imine (C=N–C) groups is 1. The zero-order chi connectivity index (χ0) is 18.4. The standard InChI is InChI=1S/C19H30N6S/c1-4-19(9-5-6-10-19)14-22-18(20-12-16-8-7-11-26-16)21-13-17-24-23-15(2)25(17)3/h7-8,11H,4-6,9-10,12-14H2,1-3H3,(H2,20,21,22). The lowest BCUT2D eigenvalue weighted by atomic mass is 9.83. The minimum absolute atomic E-state index is 0.423. The van der Waals surface area contributed by atoms with Gasteiger partial charge in [0.05, 0.1) is 6.54 Å². The predicted molar refractivity (Wildman–Crippen MR) is 107 cm³/mol. The molecule has 26 heavy (non-hydrogen) atoms. The van der Waals surface area contributed by atoms with Crippen LogP contribution in [0, 0.1) is 12.3 Å². The van der Waals surface area contributed by atoms with Crippen molar-refractivity contribution in [3.05, 3.63) is 34.0 Å². The van der Waals surface area contributed by atoms with Gasteiger partial charge in [0.15, 0.2) is 11.8 Å². The summed E-state index contributed by atoms with van der Waals surface area (Å²) < 4.78 is 1.99. The third-order valence-electron chi connectivity index (χ3n) is 5.62. The van der Waals surface area contributed by atoms with Crippen molar-refractivity contribution in [2.24, 2.45) is 17.5 Å². The lowest BCUT2D eigenvalue weighted by Crippen LogP contribution is -2.42. The molecule has 6 nitrogen and oxygen atoms in total. The highest BCUT2D eigenvalue weighted by molar-refractivity contribution is 7.09. The maximum atomic E-state index is 4.77. The van der Waals surface area contributed by atoms with E-state index in [0.29, 0.717) is 12.0 Å². The Morgan fingerprint density at radius 1 is 1.31 bits per heavy atom. The van der Waals surface area contributed by atoms with Crippen LogP contribution in [0.5, 0.6) is 0 Å². The van der Waals surface area contributed by atoms with Gasteiger partial charge in [0.2, 0.25) is 0 Å². The SMILES string of the molecule is CCC1(CNC(=NCc2nnc(C)n2C)NCc2cccs2)CCCC1. The number of aromatic nitrogens is 3. The summed E-state index contributed by atoms with van der Waals surface area (Å²) in [5.74, 6) is 2.65. The molecule has 0 aliphatic heterocycles. The summed E-state index contributed by atoms with van der Waals surface area (Å²) in [7, 11) is 1.98. The van der Waals surface area contributed by atoms with Gasteiger partial charge in [-0.25, -0.2) is 4.99 Å². The van der Waals surface area contributed by atoms with Gasteiger partial charge in [0.1, 0.15) is 12.4 Å². The molecule has 7 heteroatoms. The second kappa shape index (κ2) is 8.66. The molecule has 2 aromatic heterocycles. The first-order chi connectivity index (χ1) is 12.6. The second-order valence-corrected chi connectivity index (χ2v) is 8.27. The van der Waals surface area contributed by atoms with E-state index in [9.17, 15) is 0 Å². The Morgan fingerprint density at radius 2 is 2.12 bits per heavy atom. The van der Waals surface area contributed by atoms with Gasteiger partial charge in [-0.15, -0.1) is 21.5 Å². The molecule has 0 bridgehead atoms. The summed E-state index contributed by atoms with van der Waals surface area (Å²) in [4.78, 5) is 6.08. The summed E-state index contributed by atoms with van der Waals surface area (Å²) in [5, 5.41) is 17.5. The van der Waals surface area contributed by atoms with E-state index in [4.69, 9.17) is 4.99 Å². The molecule has 1 saturated carbocycles. The minimum Gasteiger partial charge on any atom is -0.356 e. The molecule has 0 radical (unpaired) electrons. The molecule has 1 aliphatic rings. The van der Waals surface area contributed by atoms with Crippen LogP contribution in [0.1, 0.15) is 55.6 Å². The van der Waals surface area contributed by atoms with E-state index in [1.54, 1.807) is 11.3 Å². The maximum absolute atomic E-state index is 4.77. The van der Waals surface area contributed by atoms with Gasteiger partial charge in [0.25, 0.3) is 0 Å². The second-order valence-electron chi connectivity index (χ2n) is 7.23. The predicted octanol–water partition coefficient (Wildman–Crippen LogP) is 3.39. The fraction of sp³-hybridized carbons (Fsp3) is 0.632. The zero-order valence-corrected chi connectivity index (χ0v) is 16.9. The quantitative estimate of drug-likeness (QED) is 0.576. The number of hydrogen-bond acceptors (Lipinski definition) is 4. The normalized spacial score (nSPS) is 16.8. The molecule has 2 aromatic rings. The molecule has 0 unspecified atom stereocenters. The highest BCUT2D eigenvalue weighted by Gasteiger charge is 2.31. The molecular formula is C19H30N6S. The molecule has 0 spiro atoms. The van der Waals surface area contributed by atoms with Crippen molar-refractivity contribution in [1.29, 1.82) is 0 Å². The zero-order valence-electron chi connectivity index (χ0n) is 16.1. The van der Waals surface area contributed by atoms with Crippen LogP contribution in [-0.4, -0.2) is 27.3 Å². The molecule has 0 aromatic carbocycles. The molecule has 0 saturated heterocycles. The topological polar surface area (TPSA) is 67.1 Å². The summed E-state index contributed by atoms with van der Waals surface area (Å²) in [5.41, 5.74) is 0.423. The largest absolute Gasteiger partial charge is 0.356 e. The van der Waals surface area contributed by atoms with Crippen LogP contribution < -0.4 is 10.6 Å². The van der Waals surface area contributed by atoms with E-state index in [0.717, 1.165) is 30.7 Å². The van der Waals surface area contributed by atoms with Gasteiger partial charge in [-0.05, 0) is 43.0 Å². The van der Waals surface area contributed by atoms with Crippen molar-refractivity contribution in [3.8, 4) is 0 Å². The Balaban J connectivity index is 1.65. The molecule has 0 atom stereocenters. The molecule has 1 fully saturated rings. The molecule has 1 aliphatic carbocycles. The van der Waals surface area contributed by atoms with Gasteiger partial charge in [0, 0.05) is 18.5 Å². The van der Waals surface area contributed by atoms with Crippen molar-refractivity contribution in [2.75, 3.05) is 6.54 Å². The van der Waals surface area contributed by atoms with Crippen LogP contribution in [0.2, 0.25) is 0 Å². The van der Waals surface area contributed by atoms with Crippen molar-refractivity contribution < 1.29 is 0 Å². The van der Waals surface area contributed by atoms with Crippen LogP contribution >= 0.6 is 11.3 Å². The van der Waals surface area contributed by atoms with Crippen LogP contribution in [0.25, 0.3) is 0 Å². The first-order valence-electron chi connectivity index (χ1n) is 9.51. The van der Waals surface area contributed by atoms with E-state index in [1.165, 1.54) is 37.0 Å². The average Bonchev–Trinajstić information content (AvgIpc) is 3.39. The van der Waals surface area contributed by atoms with Crippen molar-refractivity contribution in [1.82, 2.24) is 25.4 Å². The fourth-order valence-electron chi connectivity index (χ4n) is 3.55. The molecule has 2 N–H and O–H groups in total. The number of nitrogens with zero attached hydrogens (tertiary/aromatic N) is 4. The smallest absolute Gasteiger partial charge is 0.192 e. The molecule has 0 amide bonds. The van der Waals surface area contributed by atoms with Crippen LogP contribution in [0.3, 0.4) is 0 Å². The van der Waals surface area contributed by atoms with Gasteiger partial charge in [-0.1, -0.05) is 25.8 Å². The van der Waals surface area contributed by atoms with Crippen LogP contribution in [0.15, 0.2) is 22.5 Å². The van der Waals surface area contributed by atoms with E-state index in [2.05, 4.69) is 45.3 Å². The van der Waals surface area contributed by atoms with Crippen molar-refractivity contribution in [3.63, 3.8) is 0 Å². The van der Waals surface area contributed by atoms with Crippen LogP contribution in [0.4, 0.5) is 0 Å². The van der Waals surface area contributed by atoms with Gasteiger partial charge >= 0.3 is 0 Å². The third kappa shape index (κ3) is 4.63. The van der Waals surface area contributed by atoms with Crippen molar-refractivity contribution in [2.45, 2.75) is 59.0 Å². The van der Waals surface area contributed by atoms with Gasteiger partial charge < -0.3 is 15.2 Å². The van der Waals surface area contributed by atoms with Gasteiger partial charge in [-0.3, -0.25) is 0 Å².